The van der Waals surface area contributed by atoms with Crippen molar-refractivity contribution >= 4 is 6.08 Å². The number of nitrogens with zero attached hydrogens (tertiary/aromatic N) is 2. The number of hydrogen-bond acceptors (Lipinski definition) is 3. The van der Waals surface area contributed by atoms with Crippen LogP contribution < -0.4 is 0 Å². The van der Waals surface area contributed by atoms with E-state index in [1.807, 2.05) is 30.3 Å². The minimum atomic E-state index is -0.396. The van der Waals surface area contributed by atoms with Gasteiger partial charge in [-0.05, 0) is 23.3 Å². The lowest BCUT2D eigenvalue weighted by Crippen LogP contribution is -2.30. The van der Waals surface area contributed by atoms with Gasteiger partial charge < -0.3 is 4.42 Å². The maximum Gasteiger partial charge on any atom is 0.181 e. The second kappa shape index (κ2) is 6.06. The van der Waals surface area contributed by atoms with Gasteiger partial charge in [-0.1, -0.05) is 54.6 Å². The van der Waals surface area contributed by atoms with Crippen LogP contribution in [0.3, 0.4) is 0 Å². The van der Waals surface area contributed by atoms with E-state index < -0.39 is 5.41 Å². The molecule has 2 aromatic heterocycles. The molecule has 0 spiro atoms. The highest BCUT2D eigenvalue weighted by Gasteiger charge is 2.36. The van der Waals surface area contributed by atoms with Gasteiger partial charge in [0.1, 0.15) is 11.5 Å². The smallest absolute Gasteiger partial charge is 0.181 e. The Morgan fingerprint density at radius 3 is 2.52 bits per heavy atom. The fraction of sp³-hybridized carbons (Fsp3) is 0.0909. The first-order chi connectivity index (χ1) is 13.3. The van der Waals surface area contributed by atoms with E-state index in [4.69, 9.17) is 4.42 Å². The van der Waals surface area contributed by atoms with Crippen molar-refractivity contribution in [3.05, 3.63) is 101 Å². The van der Waals surface area contributed by atoms with E-state index in [9.17, 15) is 4.39 Å². The van der Waals surface area contributed by atoms with Gasteiger partial charge >= 0.3 is 0 Å². The fourth-order valence-electron chi connectivity index (χ4n) is 3.83. The first-order valence-electron chi connectivity index (χ1n) is 8.73. The highest BCUT2D eigenvalue weighted by molar-refractivity contribution is 5.74. The third-order valence-electron chi connectivity index (χ3n) is 5.19. The number of rotatable bonds is 3. The lowest BCUT2D eigenvalue weighted by Gasteiger charge is -2.34. The first kappa shape index (κ1) is 15.8. The van der Waals surface area contributed by atoms with Crippen molar-refractivity contribution in [2.24, 2.45) is 0 Å². The van der Waals surface area contributed by atoms with Gasteiger partial charge in [-0.3, -0.25) is 5.10 Å². The topological polar surface area (TPSA) is 54.7 Å². The van der Waals surface area contributed by atoms with Crippen molar-refractivity contribution in [3.63, 3.8) is 0 Å². The summed E-state index contributed by atoms with van der Waals surface area (Å²) in [7, 11) is 0. The number of benzene rings is 2. The maximum absolute atomic E-state index is 13.5. The predicted octanol–water partition coefficient (Wildman–Crippen LogP) is 4.76. The third-order valence-corrected chi connectivity index (χ3v) is 5.19. The molecule has 27 heavy (non-hydrogen) atoms. The molecule has 0 fully saturated rings. The van der Waals surface area contributed by atoms with E-state index in [2.05, 4.69) is 39.5 Å². The molecule has 1 N–H and O–H groups in total. The number of aromatic amines is 1. The Balaban J connectivity index is 1.67. The van der Waals surface area contributed by atoms with E-state index in [-0.39, 0.29) is 5.82 Å². The van der Waals surface area contributed by atoms with Crippen molar-refractivity contribution in [2.75, 3.05) is 0 Å². The van der Waals surface area contributed by atoms with Crippen LogP contribution in [-0.2, 0) is 11.8 Å². The van der Waals surface area contributed by atoms with Gasteiger partial charge in [-0.25, -0.2) is 9.37 Å². The van der Waals surface area contributed by atoms with Crippen molar-refractivity contribution < 1.29 is 8.81 Å². The van der Waals surface area contributed by atoms with Crippen LogP contribution >= 0.6 is 0 Å². The van der Waals surface area contributed by atoms with Gasteiger partial charge in [0.2, 0.25) is 0 Å². The summed E-state index contributed by atoms with van der Waals surface area (Å²) in [6, 6.07) is 17.0. The molecule has 4 aromatic rings. The molecule has 1 atom stereocenters. The second-order valence-corrected chi connectivity index (χ2v) is 6.68. The van der Waals surface area contributed by atoms with Crippen molar-refractivity contribution in [2.45, 2.75) is 11.8 Å². The Labute approximate surface area is 155 Å². The predicted molar refractivity (Wildman–Crippen MR) is 100 cm³/mol. The zero-order valence-electron chi connectivity index (χ0n) is 14.4. The molecular formula is C22H16FN3O. The van der Waals surface area contributed by atoms with Crippen molar-refractivity contribution in [1.29, 1.82) is 0 Å². The van der Waals surface area contributed by atoms with Crippen LogP contribution in [0.1, 0.15) is 22.4 Å². The summed E-state index contributed by atoms with van der Waals surface area (Å²) >= 11 is 0. The monoisotopic (exact) mass is 357 g/mol. The number of aromatic nitrogens is 3. The van der Waals surface area contributed by atoms with Crippen LogP contribution in [-0.4, -0.2) is 15.2 Å². The standard InChI is InChI=1S/C22H16FN3O/c23-17-8-6-16(7-9-17)22(15-4-2-1-3-5-15)11-10-18-19(12-22)25-26-21(18)20-13-24-14-27-20/h1-11,13-14H,12H2,(H,25,26). The third kappa shape index (κ3) is 2.51. The molecule has 5 rings (SSSR count). The number of nitrogens with one attached hydrogen (secondary N) is 1. The molecule has 1 aliphatic rings. The molecule has 0 bridgehead atoms. The van der Waals surface area contributed by atoms with Crippen molar-refractivity contribution in [1.82, 2.24) is 15.2 Å². The molecule has 0 aliphatic heterocycles. The lowest BCUT2D eigenvalue weighted by atomic mass is 9.68. The Bertz CT molecular complexity index is 1100. The van der Waals surface area contributed by atoms with Crippen LogP contribution in [0, 0.1) is 5.82 Å². The van der Waals surface area contributed by atoms with Gasteiger partial charge in [0.15, 0.2) is 12.2 Å². The van der Waals surface area contributed by atoms with E-state index in [0.717, 1.165) is 28.1 Å². The summed E-state index contributed by atoms with van der Waals surface area (Å²) in [5.41, 5.74) is 4.55. The minimum absolute atomic E-state index is 0.239. The van der Waals surface area contributed by atoms with Crippen LogP contribution in [0.25, 0.3) is 17.5 Å². The van der Waals surface area contributed by atoms with E-state index >= 15 is 0 Å². The molecule has 5 heteroatoms. The maximum atomic E-state index is 13.5. The SMILES string of the molecule is Fc1ccc(C2(c3ccccc3)C=Cc3c(-c4cnco4)n[nH]c3C2)cc1. The normalized spacial score (nSPS) is 18.4. The molecule has 2 heterocycles. The molecule has 132 valence electrons. The summed E-state index contributed by atoms with van der Waals surface area (Å²) in [5, 5.41) is 7.59. The van der Waals surface area contributed by atoms with Crippen LogP contribution in [0.4, 0.5) is 4.39 Å². The Kier molecular flexibility index (Phi) is 3.53. The molecule has 0 amide bonds. The van der Waals surface area contributed by atoms with Gasteiger partial charge in [-0.15, -0.1) is 0 Å². The van der Waals surface area contributed by atoms with E-state index in [1.165, 1.54) is 18.5 Å². The molecule has 0 radical (unpaired) electrons. The molecule has 0 saturated heterocycles. The number of fused-ring (bicyclic) bond motifs is 1. The number of allylic oxidation sites excluding steroid dienone is 1. The molecule has 1 aliphatic carbocycles. The number of halogens is 1. The summed E-state index contributed by atoms with van der Waals surface area (Å²) in [5.74, 6) is 0.391. The van der Waals surface area contributed by atoms with Gasteiger partial charge in [0.25, 0.3) is 0 Å². The quantitative estimate of drug-likeness (QED) is 0.575. The van der Waals surface area contributed by atoms with E-state index in [0.29, 0.717) is 12.2 Å². The lowest BCUT2D eigenvalue weighted by molar-refractivity contribution is 0.569. The van der Waals surface area contributed by atoms with Gasteiger partial charge in [-0.2, -0.15) is 5.10 Å². The summed E-state index contributed by atoms with van der Waals surface area (Å²) in [4.78, 5) is 3.98. The summed E-state index contributed by atoms with van der Waals surface area (Å²) in [6.07, 6.45) is 7.98. The second-order valence-electron chi connectivity index (χ2n) is 6.68. The first-order valence-corrected chi connectivity index (χ1v) is 8.73. The Morgan fingerprint density at radius 1 is 1.00 bits per heavy atom. The fourth-order valence-corrected chi connectivity index (χ4v) is 3.83. The average molecular weight is 357 g/mol. The molecule has 2 aromatic carbocycles. The van der Waals surface area contributed by atoms with Gasteiger partial charge in [0.05, 0.1) is 6.20 Å². The number of hydrogen-bond donors (Lipinski definition) is 1. The Morgan fingerprint density at radius 2 is 1.78 bits per heavy atom. The summed E-state index contributed by atoms with van der Waals surface area (Å²) < 4.78 is 18.9. The Hall–Kier alpha value is -3.47. The highest BCUT2D eigenvalue weighted by atomic mass is 19.1. The molecule has 0 saturated carbocycles. The zero-order chi connectivity index (χ0) is 18.3. The minimum Gasteiger partial charge on any atom is -0.442 e. The average Bonchev–Trinajstić information content (AvgIpc) is 3.38. The van der Waals surface area contributed by atoms with Crippen LogP contribution in [0.2, 0.25) is 0 Å². The van der Waals surface area contributed by atoms with Gasteiger partial charge in [0, 0.05) is 23.1 Å². The highest BCUT2D eigenvalue weighted by Crippen LogP contribution is 2.42. The molecule has 4 nitrogen and oxygen atoms in total. The van der Waals surface area contributed by atoms with Crippen molar-refractivity contribution in [3.8, 4) is 11.5 Å². The zero-order valence-corrected chi connectivity index (χ0v) is 14.4. The number of H-pyrrole nitrogens is 1. The van der Waals surface area contributed by atoms with Crippen LogP contribution in [0.5, 0.6) is 0 Å². The molecular weight excluding hydrogens is 341 g/mol. The molecule has 1 unspecified atom stereocenters. The number of oxazole rings is 1. The summed E-state index contributed by atoms with van der Waals surface area (Å²) in [6.45, 7) is 0. The largest absolute Gasteiger partial charge is 0.442 e. The van der Waals surface area contributed by atoms with Crippen LogP contribution in [0.15, 0.2) is 77.7 Å². The van der Waals surface area contributed by atoms with E-state index in [1.54, 1.807) is 6.20 Å².